The highest BCUT2D eigenvalue weighted by atomic mass is 16.5. The van der Waals surface area contributed by atoms with Gasteiger partial charge in [-0.15, -0.1) is 0 Å². The molecule has 2 N–H and O–H groups in total. The van der Waals surface area contributed by atoms with Crippen LogP contribution in [0.2, 0.25) is 0 Å². The predicted octanol–water partition coefficient (Wildman–Crippen LogP) is 0.302. The van der Waals surface area contributed by atoms with Crippen LogP contribution in [-0.4, -0.2) is 34.3 Å². The summed E-state index contributed by atoms with van der Waals surface area (Å²) in [5.74, 6) is 0.301. The number of aliphatic hydroxyl groups excluding tert-OH is 1. The third kappa shape index (κ3) is 1.50. The summed E-state index contributed by atoms with van der Waals surface area (Å²) in [6, 6.07) is 0. The molecule has 0 aromatic carbocycles. The number of ketones is 1. The van der Waals surface area contributed by atoms with Crippen LogP contribution in [0.15, 0.2) is 23.0 Å². The van der Waals surface area contributed by atoms with Crippen molar-refractivity contribution in [1.82, 2.24) is 0 Å². The minimum Gasteiger partial charge on any atom is -0.493 e. The molecule has 0 spiro atoms. The van der Waals surface area contributed by atoms with Crippen molar-refractivity contribution in [3.8, 4) is 0 Å². The molecule has 1 aliphatic carbocycles. The Labute approximate surface area is 87.9 Å². The van der Waals surface area contributed by atoms with E-state index in [0.717, 1.165) is 11.3 Å². The van der Waals surface area contributed by atoms with Crippen LogP contribution in [0.1, 0.15) is 20.3 Å². The zero-order chi connectivity index (χ0) is 11.2. The molecule has 0 saturated heterocycles. The summed E-state index contributed by atoms with van der Waals surface area (Å²) in [6.45, 7) is 3.34. The number of ether oxygens (including phenoxy) is 1. The number of carbonyl (C=O) groups excluding carboxylic acids is 1. The van der Waals surface area contributed by atoms with Crippen molar-refractivity contribution in [3.63, 3.8) is 0 Å². The molecular formula is C11H14O4. The van der Waals surface area contributed by atoms with Crippen molar-refractivity contribution in [3.05, 3.63) is 23.0 Å². The van der Waals surface area contributed by atoms with E-state index in [1.807, 2.05) is 0 Å². The van der Waals surface area contributed by atoms with E-state index in [1.54, 1.807) is 13.0 Å². The largest absolute Gasteiger partial charge is 0.493 e. The molecule has 15 heavy (non-hydrogen) atoms. The Morgan fingerprint density at radius 2 is 2.27 bits per heavy atom. The molecule has 0 fully saturated rings. The summed E-state index contributed by atoms with van der Waals surface area (Å²) in [6.07, 6.45) is 1.01. The first-order valence-electron chi connectivity index (χ1n) is 4.91. The van der Waals surface area contributed by atoms with Gasteiger partial charge in [-0.25, -0.2) is 0 Å². The molecule has 0 radical (unpaired) electrons. The summed E-state index contributed by atoms with van der Waals surface area (Å²) < 4.78 is 5.24. The monoisotopic (exact) mass is 210 g/mol. The third-order valence-corrected chi connectivity index (χ3v) is 3.01. The van der Waals surface area contributed by atoms with Crippen LogP contribution >= 0.6 is 0 Å². The molecule has 1 heterocycles. The van der Waals surface area contributed by atoms with Gasteiger partial charge in [0, 0.05) is 12.0 Å². The minimum absolute atomic E-state index is 0.194. The molecule has 2 rings (SSSR count). The first-order valence-corrected chi connectivity index (χ1v) is 4.91. The predicted molar refractivity (Wildman–Crippen MR) is 53.0 cm³/mol. The second-order valence-corrected chi connectivity index (χ2v) is 4.24. The van der Waals surface area contributed by atoms with Gasteiger partial charge in [-0.1, -0.05) is 0 Å². The Balaban J connectivity index is 2.45. The zero-order valence-corrected chi connectivity index (χ0v) is 8.78. The molecule has 0 aromatic heterocycles. The van der Waals surface area contributed by atoms with Crippen molar-refractivity contribution < 1.29 is 19.7 Å². The Kier molecular flexibility index (Phi) is 2.20. The Morgan fingerprint density at radius 3 is 2.93 bits per heavy atom. The van der Waals surface area contributed by atoms with E-state index in [2.05, 4.69) is 0 Å². The number of carbonyl (C=O) groups is 1. The minimum atomic E-state index is -1.68. The van der Waals surface area contributed by atoms with Gasteiger partial charge in [0.25, 0.3) is 0 Å². The Morgan fingerprint density at radius 1 is 1.60 bits per heavy atom. The van der Waals surface area contributed by atoms with Gasteiger partial charge in [-0.3, -0.25) is 4.79 Å². The highest BCUT2D eigenvalue weighted by molar-refractivity contribution is 6.04. The quantitative estimate of drug-likeness (QED) is 0.603. The molecule has 4 heteroatoms. The van der Waals surface area contributed by atoms with Gasteiger partial charge in [0.2, 0.25) is 0 Å². The maximum Gasteiger partial charge on any atom is 0.196 e. The average Bonchev–Trinajstić information content (AvgIpc) is 2.15. The van der Waals surface area contributed by atoms with Crippen LogP contribution in [0.4, 0.5) is 0 Å². The molecule has 4 nitrogen and oxygen atoms in total. The maximum absolute atomic E-state index is 11.8. The van der Waals surface area contributed by atoms with Crippen LogP contribution in [0.3, 0.4) is 0 Å². The number of Topliss-reactive ketones (excluding diaryl/α,β-unsaturated/α-hetero) is 1. The number of rotatable bonds is 0. The highest BCUT2D eigenvalue weighted by Crippen LogP contribution is 2.33. The van der Waals surface area contributed by atoms with E-state index in [1.165, 1.54) is 6.92 Å². The first-order chi connectivity index (χ1) is 6.93. The Hall–Kier alpha value is -1.13. The topological polar surface area (TPSA) is 66.8 Å². The summed E-state index contributed by atoms with van der Waals surface area (Å²) in [4.78, 5) is 11.8. The summed E-state index contributed by atoms with van der Waals surface area (Å²) in [5.41, 5.74) is -0.417. The summed E-state index contributed by atoms with van der Waals surface area (Å²) >= 11 is 0. The van der Waals surface area contributed by atoms with Crippen LogP contribution in [-0.2, 0) is 9.53 Å². The van der Waals surface area contributed by atoms with E-state index in [-0.39, 0.29) is 6.61 Å². The molecule has 2 atom stereocenters. The van der Waals surface area contributed by atoms with Gasteiger partial charge in [-0.05, 0) is 25.5 Å². The smallest absolute Gasteiger partial charge is 0.196 e. The van der Waals surface area contributed by atoms with E-state index in [0.29, 0.717) is 12.0 Å². The molecule has 0 unspecified atom stereocenters. The van der Waals surface area contributed by atoms with Crippen LogP contribution in [0, 0.1) is 0 Å². The van der Waals surface area contributed by atoms with Gasteiger partial charge in [0.05, 0.1) is 11.9 Å². The van der Waals surface area contributed by atoms with Crippen molar-refractivity contribution in [2.75, 3.05) is 6.61 Å². The first kappa shape index (κ1) is 10.4. The third-order valence-electron chi connectivity index (χ3n) is 3.01. The molecule has 0 saturated carbocycles. The highest BCUT2D eigenvalue weighted by Gasteiger charge is 2.45. The molecule has 0 bridgehead atoms. The fourth-order valence-corrected chi connectivity index (χ4v) is 1.91. The van der Waals surface area contributed by atoms with Crippen molar-refractivity contribution in [2.24, 2.45) is 0 Å². The lowest BCUT2D eigenvalue weighted by molar-refractivity contribution is -0.145. The van der Waals surface area contributed by atoms with E-state index < -0.39 is 17.5 Å². The SMILES string of the molecule is CC1=CC2=C(CO1)C(=O)[C@](C)(O)[C@H](O)C2. The lowest BCUT2D eigenvalue weighted by Crippen LogP contribution is -2.51. The van der Waals surface area contributed by atoms with E-state index in [4.69, 9.17) is 4.74 Å². The molecule has 0 amide bonds. The van der Waals surface area contributed by atoms with Crippen molar-refractivity contribution in [1.29, 1.82) is 0 Å². The molecule has 82 valence electrons. The number of aliphatic hydroxyl groups is 2. The van der Waals surface area contributed by atoms with Crippen LogP contribution < -0.4 is 0 Å². The van der Waals surface area contributed by atoms with Crippen molar-refractivity contribution >= 4 is 5.78 Å². The van der Waals surface area contributed by atoms with Gasteiger partial charge in [-0.2, -0.15) is 0 Å². The maximum atomic E-state index is 11.8. The fraction of sp³-hybridized carbons (Fsp3) is 0.545. The lowest BCUT2D eigenvalue weighted by atomic mass is 9.77. The second-order valence-electron chi connectivity index (χ2n) is 4.24. The van der Waals surface area contributed by atoms with Gasteiger partial charge in [0.1, 0.15) is 6.61 Å². The molecule has 2 aliphatic rings. The van der Waals surface area contributed by atoms with E-state index >= 15 is 0 Å². The second kappa shape index (κ2) is 3.18. The molecule has 0 aromatic rings. The van der Waals surface area contributed by atoms with Crippen molar-refractivity contribution in [2.45, 2.75) is 32.0 Å². The molecular weight excluding hydrogens is 196 g/mol. The lowest BCUT2D eigenvalue weighted by Gasteiger charge is -2.35. The normalized spacial score (nSPS) is 35.9. The number of hydrogen-bond acceptors (Lipinski definition) is 4. The zero-order valence-electron chi connectivity index (χ0n) is 8.78. The van der Waals surface area contributed by atoms with E-state index in [9.17, 15) is 15.0 Å². The van der Waals surface area contributed by atoms with Gasteiger partial charge in [0.15, 0.2) is 11.4 Å². The molecule has 1 aliphatic heterocycles. The summed E-state index contributed by atoms with van der Waals surface area (Å²) in [5, 5.41) is 19.5. The van der Waals surface area contributed by atoms with Gasteiger partial charge < -0.3 is 14.9 Å². The van der Waals surface area contributed by atoms with Gasteiger partial charge >= 0.3 is 0 Å². The summed E-state index contributed by atoms with van der Waals surface area (Å²) in [7, 11) is 0. The van der Waals surface area contributed by atoms with Crippen LogP contribution in [0.5, 0.6) is 0 Å². The Bertz CT molecular complexity index is 376. The standard InChI is InChI=1S/C11H14O4/c1-6-3-7-4-9(12)11(2,14)10(13)8(7)5-15-6/h3,9,12,14H,4-5H2,1-2H3/t9-,11-/m1/s1. The average molecular weight is 210 g/mol. The number of allylic oxidation sites excluding steroid dienone is 2. The van der Waals surface area contributed by atoms with Crippen LogP contribution in [0.25, 0.3) is 0 Å². The number of hydrogen-bond donors (Lipinski definition) is 2. The fourth-order valence-electron chi connectivity index (χ4n) is 1.91.